The highest BCUT2D eigenvalue weighted by molar-refractivity contribution is 7.80. The van der Waals surface area contributed by atoms with E-state index in [1.165, 1.54) is 0 Å². The van der Waals surface area contributed by atoms with Crippen LogP contribution in [0.25, 0.3) is 0 Å². The summed E-state index contributed by atoms with van der Waals surface area (Å²) in [5.41, 5.74) is 8.25. The summed E-state index contributed by atoms with van der Waals surface area (Å²) in [6, 6.07) is 11.4. The van der Waals surface area contributed by atoms with E-state index >= 15 is 0 Å². The topological polar surface area (TPSA) is 80.9 Å². The SMILES string of the molecule is Cc1ccc(OCC(=O)NNC(=S)NCc2ccc3c(c2)OCO3)c(C)c1. The van der Waals surface area contributed by atoms with Gasteiger partial charge in [-0.25, -0.2) is 0 Å². The number of hydrazine groups is 1. The molecule has 27 heavy (non-hydrogen) atoms. The minimum Gasteiger partial charge on any atom is -0.483 e. The minimum atomic E-state index is -0.331. The van der Waals surface area contributed by atoms with Gasteiger partial charge >= 0.3 is 0 Å². The number of hydrogen-bond donors (Lipinski definition) is 3. The van der Waals surface area contributed by atoms with Crippen molar-refractivity contribution >= 4 is 23.2 Å². The Morgan fingerprint density at radius 2 is 1.93 bits per heavy atom. The van der Waals surface area contributed by atoms with E-state index in [1.807, 2.05) is 50.2 Å². The zero-order chi connectivity index (χ0) is 19.2. The summed E-state index contributed by atoms with van der Waals surface area (Å²) in [5.74, 6) is 1.79. The largest absolute Gasteiger partial charge is 0.483 e. The lowest BCUT2D eigenvalue weighted by molar-refractivity contribution is -0.123. The molecule has 0 unspecified atom stereocenters. The fourth-order valence-corrected chi connectivity index (χ4v) is 2.67. The highest BCUT2D eigenvalue weighted by Gasteiger charge is 2.13. The molecule has 2 aromatic carbocycles. The molecule has 0 fully saturated rings. The van der Waals surface area contributed by atoms with Gasteiger partial charge < -0.3 is 19.5 Å². The number of benzene rings is 2. The van der Waals surface area contributed by atoms with Crippen molar-refractivity contribution in [2.75, 3.05) is 13.4 Å². The average Bonchev–Trinajstić information content (AvgIpc) is 3.11. The third-order valence-electron chi connectivity index (χ3n) is 3.89. The van der Waals surface area contributed by atoms with Crippen LogP contribution in [0, 0.1) is 13.8 Å². The van der Waals surface area contributed by atoms with Crippen molar-refractivity contribution < 1.29 is 19.0 Å². The van der Waals surface area contributed by atoms with Gasteiger partial charge in [0.1, 0.15) is 5.75 Å². The predicted octanol–water partition coefficient (Wildman–Crippen LogP) is 2.11. The third-order valence-corrected chi connectivity index (χ3v) is 4.14. The standard InChI is InChI=1S/C19H21N3O4S/c1-12-3-5-15(13(2)7-12)24-10-18(23)21-22-19(27)20-9-14-4-6-16-17(8-14)26-11-25-16/h3-8H,9-11H2,1-2H3,(H,21,23)(H2,20,22,27). The lowest BCUT2D eigenvalue weighted by atomic mass is 10.1. The van der Waals surface area contributed by atoms with Crippen LogP contribution in [0.1, 0.15) is 16.7 Å². The second-order valence-electron chi connectivity index (χ2n) is 6.10. The van der Waals surface area contributed by atoms with Crippen LogP contribution in [0.5, 0.6) is 17.2 Å². The van der Waals surface area contributed by atoms with Crippen LogP contribution in [0.3, 0.4) is 0 Å². The molecule has 1 aliphatic rings. The predicted molar refractivity (Wildman–Crippen MR) is 105 cm³/mol. The van der Waals surface area contributed by atoms with E-state index in [1.54, 1.807) is 0 Å². The second-order valence-corrected chi connectivity index (χ2v) is 6.51. The molecule has 0 aliphatic carbocycles. The first kappa shape index (κ1) is 18.8. The number of amides is 1. The molecule has 0 spiro atoms. The Kier molecular flexibility index (Phi) is 5.97. The van der Waals surface area contributed by atoms with Gasteiger partial charge in [-0.1, -0.05) is 23.8 Å². The maximum absolute atomic E-state index is 11.9. The van der Waals surface area contributed by atoms with Gasteiger partial charge in [-0.05, 0) is 55.4 Å². The molecule has 1 amide bonds. The first-order valence-electron chi connectivity index (χ1n) is 8.42. The molecule has 8 heteroatoms. The molecule has 1 heterocycles. The summed E-state index contributed by atoms with van der Waals surface area (Å²) in [7, 11) is 0. The molecular weight excluding hydrogens is 366 g/mol. The molecule has 0 atom stereocenters. The van der Waals surface area contributed by atoms with Crippen LogP contribution in [0.2, 0.25) is 0 Å². The maximum atomic E-state index is 11.9. The van der Waals surface area contributed by atoms with E-state index in [9.17, 15) is 4.79 Å². The Labute approximate surface area is 163 Å². The fourth-order valence-electron chi connectivity index (χ4n) is 2.54. The molecule has 142 valence electrons. The summed E-state index contributed by atoms with van der Waals surface area (Å²) in [4.78, 5) is 11.9. The zero-order valence-corrected chi connectivity index (χ0v) is 15.9. The summed E-state index contributed by atoms with van der Waals surface area (Å²) in [6.45, 7) is 4.56. The zero-order valence-electron chi connectivity index (χ0n) is 15.1. The van der Waals surface area contributed by atoms with Crippen molar-refractivity contribution in [1.82, 2.24) is 16.2 Å². The average molecular weight is 387 g/mol. The highest BCUT2D eigenvalue weighted by atomic mass is 32.1. The monoisotopic (exact) mass is 387 g/mol. The molecule has 0 bridgehead atoms. The Hall–Kier alpha value is -3.00. The molecular formula is C19H21N3O4S. The molecule has 0 saturated heterocycles. The molecule has 0 radical (unpaired) electrons. The van der Waals surface area contributed by atoms with Crippen molar-refractivity contribution in [1.29, 1.82) is 0 Å². The van der Waals surface area contributed by atoms with Crippen LogP contribution in [-0.2, 0) is 11.3 Å². The molecule has 0 aromatic heterocycles. The molecule has 7 nitrogen and oxygen atoms in total. The van der Waals surface area contributed by atoms with Crippen molar-refractivity contribution in [3.05, 3.63) is 53.1 Å². The fraction of sp³-hybridized carbons (Fsp3) is 0.263. The quantitative estimate of drug-likeness (QED) is 0.535. The van der Waals surface area contributed by atoms with E-state index in [-0.39, 0.29) is 19.3 Å². The van der Waals surface area contributed by atoms with Crippen LogP contribution >= 0.6 is 12.2 Å². The third kappa shape index (κ3) is 5.24. The summed E-state index contributed by atoms with van der Waals surface area (Å²) in [5, 5.41) is 3.30. The van der Waals surface area contributed by atoms with Gasteiger partial charge in [0.05, 0.1) is 0 Å². The van der Waals surface area contributed by atoms with Crippen molar-refractivity contribution in [3.63, 3.8) is 0 Å². The normalized spacial score (nSPS) is 11.6. The van der Waals surface area contributed by atoms with Gasteiger partial charge in [0.25, 0.3) is 5.91 Å². The molecule has 0 saturated carbocycles. The first-order chi connectivity index (χ1) is 13.0. The number of ether oxygens (including phenoxy) is 3. The number of carbonyl (C=O) groups excluding carboxylic acids is 1. The van der Waals surface area contributed by atoms with E-state index in [0.29, 0.717) is 23.2 Å². The Morgan fingerprint density at radius 1 is 1.11 bits per heavy atom. The van der Waals surface area contributed by atoms with Gasteiger partial charge in [-0.2, -0.15) is 0 Å². The second kappa shape index (κ2) is 8.59. The van der Waals surface area contributed by atoms with Gasteiger partial charge in [-0.3, -0.25) is 15.6 Å². The Balaban J connectivity index is 1.37. The van der Waals surface area contributed by atoms with Gasteiger partial charge in [-0.15, -0.1) is 0 Å². The Bertz CT molecular complexity index is 857. The van der Waals surface area contributed by atoms with E-state index in [2.05, 4.69) is 16.2 Å². The number of carbonyl (C=O) groups is 1. The summed E-state index contributed by atoms with van der Waals surface area (Å²) >= 11 is 5.15. The lowest BCUT2D eigenvalue weighted by Gasteiger charge is -2.13. The number of thiocarbonyl (C=S) groups is 1. The smallest absolute Gasteiger partial charge is 0.276 e. The Morgan fingerprint density at radius 3 is 2.74 bits per heavy atom. The number of fused-ring (bicyclic) bond motifs is 1. The van der Waals surface area contributed by atoms with Gasteiger partial charge in [0.15, 0.2) is 23.2 Å². The summed E-state index contributed by atoms with van der Waals surface area (Å²) < 4.78 is 16.1. The molecule has 2 aromatic rings. The molecule has 3 rings (SSSR count). The van der Waals surface area contributed by atoms with Crippen molar-refractivity contribution in [2.24, 2.45) is 0 Å². The van der Waals surface area contributed by atoms with E-state index < -0.39 is 0 Å². The van der Waals surface area contributed by atoms with Crippen LogP contribution in [-0.4, -0.2) is 24.4 Å². The maximum Gasteiger partial charge on any atom is 0.276 e. The van der Waals surface area contributed by atoms with Gasteiger partial charge in [0, 0.05) is 6.54 Å². The molecule has 1 aliphatic heterocycles. The van der Waals surface area contributed by atoms with Crippen LogP contribution in [0.15, 0.2) is 36.4 Å². The van der Waals surface area contributed by atoms with E-state index in [0.717, 1.165) is 22.4 Å². The number of rotatable bonds is 5. The minimum absolute atomic E-state index is 0.109. The number of nitrogens with one attached hydrogen (secondary N) is 3. The number of aryl methyl sites for hydroxylation is 2. The first-order valence-corrected chi connectivity index (χ1v) is 8.83. The van der Waals surface area contributed by atoms with E-state index in [4.69, 9.17) is 26.4 Å². The van der Waals surface area contributed by atoms with Crippen molar-refractivity contribution in [2.45, 2.75) is 20.4 Å². The number of hydrogen-bond acceptors (Lipinski definition) is 5. The van der Waals surface area contributed by atoms with Gasteiger partial charge in [0.2, 0.25) is 6.79 Å². The molecule has 3 N–H and O–H groups in total. The highest BCUT2D eigenvalue weighted by Crippen LogP contribution is 2.32. The van der Waals surface area contributed by atoms with Crippen molar-refractivity contribution in [3.8, 4) is 17.2 Å². The van der Waals surface area contributed by atoms with Crippen LogP contribution in [0.4, 0.5) is 0 Å². The van der Waals surface area contributed by atoms with Crippen LogP contribution < -0.4 is 30.4 Å². The summed E-state index contributed by atoms with van der Waals surface area (Å²) in [6.07, 6.45) is 0. The lowest BCUT2D eigenvalue weighted by Crippen LogP contribution is -2.48.